The van der Waals surface area contributed by atoms with Crippen molar-refractivity contribution in [3.63, 3.8) is 0 Å². The van der Waals surface area contributed by atoms with Crippen molar-refractivity contribution in [1.82, 2.24) is 0 Å². The largest absolute Gasteiger partial charge is 0.493 e. The van der Waals surface area contributed by atoms with Gasteiger partial charge >= 0.3 is 0 Å². The van der Waals surface area contributed by atoms with E-state index >= 15 is 0 Å². The fourth-order valence-electron chi connectivity index (χ4n) is 1.66. The highest BCUT2D eigenvalue weighted by Gasteiger charge is 2.08. The van der Waals surface area contributed by atoms with Gasteiger partial charge in [-0.3, -0.25) is 0 Å². The molecule has 1 atom stereocenters. The molecule has 0 spiro atoms. The zero-order valence-electron chi connectivity index (χ0n) is 11.3. The van der Waals surface area contributed by atoms with Gasteiger partial charge in [0, 0.05) is 6.04 Å². The Labute approximate surface area is 110 Å². The van der Waals surface area contributed by atoms with Gasteiger partial charge in [0.2, 0.25) is 0 Å². The van der Waals surface area contributed by atoms with Gasteiger partial charge in [-0.1, -0.05) is 19.1 Å². The highest BCUT2D eigenvalue weighted by Crippen LogP contribution is 2.28. The van der Waals surface area contributed by atoms with Gasteiger partial charge in [0.05, 0.1) is 13.7 Å². The van der Waals surface area contributed by atoms with E-state index in [1.165, 1.54) is 5.56 Å². The molecule has 1 aromatic carbocycles. The van der Waals surface area contributed by atoms with E-state index in [1.54, 1.807) is 7.11 Å². The molecule has 100 valence electrons. The van der Waals surface area contributed by atoms with Gasteiger partial charge in [-0.05, 0) is 37.0 Å². The molecule has 0 amide bonds. The van der Waals surface area contributed by atoms with Crippen LogP contribution in [0.1, 0.15) is 25.3 Å². The van der Waals surface area contributed by atoms with E-state index in [9.17, 15) is 0 Å². The van der Waals surface area contributed by atoms with Crippen LogP contribution < -0.4 is 15.2 Å². The summed E-state index contributed by atoms with van der Waals surface area (Å²) in [6, 6.07) is 6.17. The molecule has 0 aromatic heterocycles. The number of ether oxygens (including phenoxy) is 2. The first-order valence-corrected chi connectivity index (χ1v) is 6.37. The van der Waals surface area contributed by atoms with Crippen molar-refractivity contribution in [3.05, 3.63) is 36.4 Å². The standard InChI is InChI=1S/C15H23NO2/c1-4-6-9-18-15-11-12(10-13(16)5-2)7-8-14(15)17-3/h4,7-8,11,13H,1,5-6,9-10,16H2,2-3H3. The third-order valence-corrected chi connectivity index (χ3v) is 2.83. The van der Waals surface area contributed by atoms with Crippen LogP contribution in [-0.4, -0.2) is 19.8 Å². The Morgan fingerprint density at radius 2 is 2.17 bits per heavy atom. The average Bonchev–Trinajstić information content (AvgIpc) is 2.39. The first kappa shape index (κ1) is 14.6. The monoisotopic (exact) mass is 249 g/mol. The lowest BCUT2D eigenvalue weighted by Crippen LogP contribution is -2.21. The van der Waals surface area contributed by atoms with E-state index in [2.05, 4.69) is 13.5 Å². The predicted octanol–water partition coefficient (Wildman–Crippen LogP) is 2.93. The summed E-state index contributed by atoms with van der Waals surface area (Å²) in [5.74, 6) is 1.54. The van der Waals surface area contributed by atoms with Gasteiger partial charge in [-0.15, -0.1) is 6.58 Å². The van der Waals surface area contributed by atoms with Crippen LogP contribution >= 0.6 is 0 Å². The van der Waals surface area contributed by atoms with Gasteiger partial charge < -0.3 is 15.2 Å². The minimum atomic E-state index is 0.194. The van der Waals surface area contributed by atoms with Crippen molar-refractivity contribution in [2.75, 3.05) is 13.7 Å². The lowest BCUT2D eigenvalue weighted by Gasteiger charge is -2.13. The highest BCUT2D eigenvalue weighted by molar-refractivity contribution is 5.43. The first-order chi connectivity index (χ1) is 8.71. The quantitative estimate of drug-likeness (QED) is 0.569. The normalized spacial score (nSPS) is 11.9. The molecule has 0 aliphatic rings. The summed E-state index contributed by atoms with van der Waals surface area (Å²) in [5, 5.41) is 0. The molecule has 1 aromatic rings. The van der Waals surface area contributed by atoms with Crippen molar-refractivity contribution in [2.24, 2.45) is 5.73 Å². The lowest BCUT2D eigenvalue weighted by atomic mass is 10.0. The molecule has 0 saturated heterocycles. The summed E-state index contributed by atoms with van der Waals surface area (Å²) >= 11 is 0. The zero-order chi connectivity index (χ0) is 13.4. The SMILES string of the molecule is C=CCCOc1cc(CC(N)CC)ccc1OC. The Hall–Kier alpha value is -1.48. The third-order valence-electron chi connectivity index (χ3n) is 2.83. The van der Waals surface area contributed by atoms with E-state index < -0.39 is 0 Å². The number of hydrogen-bond acceptors (Lipinski definition) is 3. The Morgan fingerprint density at radius 1 is 1.39 bits per heavy atom. The van der Waals surface area contributed by atoms with Gasteiger partial charge in [0.1, 0.15) is 0 Å². The number of methoxy groups -OCH3 is 1. The van der Waals surface area contributed by atoms with Crippen molar-refractivity contribution >= 4 is 0 Å². The second kappa shape index (κ2) is 7.77. The number of rotatable bonds is 8. The fraction of sp³-hybridized carbons (Fsp3) is 0.467. The van der Waals surface area contributed by atoms with Crippen LogP contribution in [0.5, 0.6) is 11.5 Å². The van der Waals surface area contributed by atoms with E-state index in [1.807, 2.05) is 24.3 Å². The molecule has 0 aliphatic heterocycles. The smallest absolute Gasteiger partial charge is 0.161 e. The molecule has 0 saturated carbocycles. The van der Waals surface area contributed by atoms with Crippen LogP contribution in [0.2, 0.25) is 0 Å². The van der Waals surface area contributed by atoms with Crippen LogP contribution in [0.3, 0.4) is 0 Å². The Bertz CT molecular complexity index is 377. The zero-order valence-corrected chi connectivity index (χ0v) is 11.3. The topological polar surface area (TPSA) is 44.5 Å². The van der Waals surface area contributed by atoms with Gasteiger partial charge in [-0.2, -0.15) is 0 Å². The number of benzene rings is 1. The summed E-state index contributed by atoms with van der Waals surface area (Å²) in [7, 11) is 1.65. The van der Waals surface area contributed by atoms with Gasteiger partial charge in [-0.25, -0.2) is 0 Å². The maximum atomic E-state index is 5.96. The molecule has 1 unspecified atom stereocenters. The Balaban J connectivity index is 2.77. The van der Waals surface area contributed by atoms with E-state index in [-0.39, 0.29) is 6.04 Å². The van der Waals surface area contributed by atoms with E-state index in [0.29, 0.717) is 6.61 Å². The lowest BCUT2D eigenvalue weighted by molar-refractivity contribution is 0.299. The maximum Gasteiger partial charge on any atom is 0.161 e. The van der Waals surface area contributed by atoms with E-state index in [4.69, 9.17) is 15.2 Å². The summed E-state index contributed by atoms with van der Waals surface area (Å²) in [6.07, 6.45) is 4.49. The van der Waals surface area contributed by atoms with Crippen molar-refractivity contribution in [2.45, 2.75) is 32.2 Å². The molecule has 0 heterocycles. The summed E-state index contributed by atoms with van der Waals surface area (Å²) in [5.41, 5.74) is 7.14. The van der Waals surface area contributed by atoms with Gasteiger partial charge in [0.15, 0.2) is 11.5 Å². The minimum absolute atomic E-state index is 0.194. The number of nitrogens with two attached hydrogens (primary N) is 1. The summed E-state index contributed by atoms with van der Waals surface area (Å²) in [6.45, 7) is 6.38. The summed E-state index contributed by atoms with van der Waals surface area (Å²) in [4.78, 5) is 0. The fourth-order valence-corrected chi connectivity index (χ4v) is 1.66. The molecule has 3 nitrogen and oxygen atoms in total. The van der Waals surface area contributed by atoms with Crippen LogP contribution in [0.4, 0.5) is 0 Å². The average molecular weight is 249 g/mol. The molecular weight excluding hydrogens is 226 g/mol. The van der Waals surface area contributed by atoms with Crippen LogP contribution in [0.15, 0.2) is 30.9 Å². The molecular formula is C15H23NO2. The minimum Gasteiger partial charge on any atom is -0.493 e. The third kappa shape index (κ3) is 4.41. The number of hydrogen-bond donors (Lipinski definition) is 1. The maximum absolute atomic E-state index is 5.96. The van der Waals surface area contributed by atoms with Gasteiger partial charge in [0.25, 0.3) is 0 Å². The molecule has 0 aliphatic carbocycles. The molecule has 18 heavy (non-hydrogen) atoms. The first-order valence-electron chi connectivity index (χ1n) is 6.37. The molecule has 1 rings (SSSR count). The summed E-state index contributed by atoms with van der Waals surface area (Å²) < 4.78 is 11.0. The molecule has 2 N–H and O–H groups in total. The Kier molecular flexibility index (Phi) is 6.29. The highest BCUT2D eigenvalue weighted by atomic mass is 16.5. The van der Waals surface area contributed by atoms with Crippen LogP contribution in [-0.2, 0) is 6.42 Å². The second-order valence-corrected chi connectivity index (χ2v) is 4.28. The predicted molar refractivity (Wildman–Crippen MR) is 75.3 cm³/mol. The van der Waals surface area contributed by atoms with Crippen molar-refractivity contribution in [3.8, 4) is 11.5 Å². The van der Waals surface area contributed by atoms with Crippen LogP contribution in [0, 0.1) is 0 Å². The van der Waals surface area contributed by atoms with Crippen molar-refractivity contribution in [1.29, 1.82) is 0 Å². The van der Waals surface area contributed by atoms with Crippen molar-refractivity contribution < 1.29 is 9.47 Å². The molecule has 0 radical (unpaired) electrons. The molecule has 3 heteroatoms. The second-order valence-electron chi connectivity index (χ2n) is 4.28. The van der Waals surface area contributed by atoms with E-state index in [0.717, 1.165) is 30.8 Å². The molecule has 0 bridgehead atoms. The van der Waals surface area contributed by atoms with Crippen LogP contribution in [0.25, 0.3) is 0 Å². The molecule has 0 fully saturated rings. The Morgan fingerprint density at radius 3 is 2.78 bits per heavy atom.